The standard InChI is InChI=1S/C22H22N6O8S2/c1-22(2,20(34)35)36-26-12(11-9-37-21(23)24-11)15(29)25-13-16(30)28-14(18(31)32)10(19(33)38-17(13)28)8-27-6-4-3-5-7-27/h3-7,9,13,17,19,33H,8H2,1-2H3,(H4-,23,24,25,29,31,32,34,35)/b26-12-/t13-,17-,19?/m1/s1. The number of rotatable bonds is 9. The van der Waals surface area contributed by atoms with Crippen molar-refractivity contribution >= 4 is 57.7 Å². The lowest BCUT2D eigenvalue weighted by atomic mass is 10.0. The third-order valence-electron chi connectivity index (χ3n) is 5.62. The molecular weight excluding hydrogens is 540 g/mol. The van der Waals surface area contributed by atoms with Gasteiger partial charge in [0.2, 0.25) is 5.60 Å². The topological polar surface area (TPSA) is 211 Å². The first-order valence-corrected chi connectivity index (χ1v) is 12.8. The summed E-state index contributed by atoms with van der Waals surface area (Å²) in [5.74, 6) is -4.69. The number of nitrogens with two attached hydrogens (primary N) is 1. The highest BCUT2D eigenvalue weighted by molar-refractivity contribution is 8.00. The van der Waals surface area contributed by atoms with Crippen LogP contribution in [-0.2, 0) is 30.6 Å². The number of aliphatic hydroxyl groups is 1. The number of pyridine rings is 1. The van der Waals surface area contributed by atoms with E-state index < -0.39 is 57.6 Å². The number of oxime groups is 1. The van der Waals surface area contributed by atoms with Crippen LogP contribution >= 0.6 is 23.1 Å². The summed E-state index contributed by atoms with van der Waals surface area (Å²) in [6.45, 7) is 2.43. The molecule has 2 amide bonds. The lowest BCUT2D eigenvalue weighted by molar-refractivity contribution is -0.689. The van der Waals surface area contributed by atoms with E-state index in [4.69, 9.17) is 10.6 Å². The zero-order chi connectivity index (χ0) is 27.8. The first-order valence-electron chi connectivity index (χ1n) is 11.0. The van der Waals surface area contributed by atoms with Crippen LogP contribution in [0, 0.1) is 0 Å². The van der Waals surface area contributed by atoms with E-state index in [9.17, 15) is 34.5 Å². The molecule has 14 nitrogen and oxygen atoms in total. The minimum Gasteiger partial charge on any atom is -0.543 e. The van der Waals surface area contributed by atoms with Crippen LogP contribution in [0.3, 0.4) is 0 Å². The van der Waals surface area contributed by atoms with Crippen molar-refractivity contribution < 1.29 is 43.9 Å². The van der Waals surface area contributed by atoms with Gasteiger partial charge in [-0.1, -0.05) is 23.0 Å². The third kappa shape index (κ3) is 5.18. The summed E-state index contributed by atoms with van der Waals surface area (Å²) in [5, 5.41) is 38.7. The summed E-state index contributed by atoms with van der Waals surface area (Å²) in [7, 11) is 0. The molecule has 4 rings (SSSR count). The molecule has 0 saturated carbocycles. The first kappa shape index (κ1) is 27.0. The highest BCUT2D eigenvalue weighted by Crippen LogP contribution is 2.43. The average molecular weight is 563 g/mol. The number of carboxylic acid groups (broad SMARTS) is 2. The molecule has 0 aromatic carbocycles. The van der Waals surface area contributed by atoms with E-state index in [0.29, 0.717) is 0 Å². The number of thiazole rings is 1. The lowest BCUT2D eigenvalue weighted by Crippen LogP contribution is -2.72. The number of carbonyl (C=O) groups is 4. The van der Waals surface area contributed by atoms with Crippen molar-refractivity contribution in [2.45, 2.75) is 42.8 Å². The molecule has 3 atom stereocenters. The van der Waals surface area contributed by atoms with Gasteiger partial charge < -0.3 is 36.0 Å². The summed E-state index contributed by atoms with van der Waals surface area (Å²) >= 11 is 1.87. The molecule has 16 heteroatoms. The Bertz CT molecular complexity index is 1360. The number of hydrogen-bond donors (Lipinski definition) is 4. The molecule has 1 fully saturated rings. The van der Waals surface area contributed by atoms with Crippen LogP contribution in [-0.4, -0.2) is 72.0 Å². The normalized spacial score (nSPS) is 21.4. The lowest BCUT2D eigenvalue weighted by Gasteiger charge is -2.51. The van der Waals surface area contributed by atoms with Gasteiger partial charge in [-0.05, 0) is 13.8 Å². The van der Waals surface area contributed by atoms with Crippen LogP contribution in [0.25, 0.3) is 0 Å². The number of nitrogens with zero attached hydrogens (tertiary/aromatic N) is 4. The quantitative estimate of drug-likeness (QED) is 0.114. The van der Waals surface area contributed by atoms with Gasteiger partial charge in [-0.2, -0.15) is 0 Å². The van der Waals surface area contributed by atoms with Crippen LogP contribution in [0.5, 0.6) is 0 Å². The number of hydrogen-bond acceptors (Lipinski definition) is 12. The molecule has 2 aromatic rings. The Morgan fingerprint density at radius 2 is 2.00 bits per heavy atom. The van der Waals surface area contributed by atoms with Gasteiger partial charge >= 0.3 is 5.97 Å². The number of fused-ring (bicyclic) bond motifs is 1. The van der Waals surface area contributed by atoms with E-state index >= 15 is 0 Å². The molecule has 0 bridgehead atoms. The maximum absolute atomic E-state index is 13.1. The zero-order valence-corrected chi connectivity index (χ0v) is 21.6. The SMILES string of the molecule is CC(C)(O/N=C(\C(=O)N[C@@H]1C(=O)N2C(C(=O)[O-])=C(C[n+]3ccccc3)C(O)S[C@H]12)c1csc(N)n1)C(=O)O. The smallest absolute Gasteiger partial charge is 0.350 e. The number of β-lactam (4-membered cyclic amide) rings is 1. The number of aromatic nitrogens is 2. The van der Waals surface area contributed by atoms with E-state index in [0.717, 1.165) is 28.0 Å². The summed E-state index contributed by atoms with van der Waals surface area (Å²) < 4.78 is 1.63. The molecule has 1 saturated heterocycles. The van der Waals surface area contributed by atoms with Gasteiger partial charge in [0.05, 0.1) is 17.2 Å². The van der Waals surface area contributed by atoms with Crippen LogP contribution in [0.2, 0.25) is 0 Å². The van der Waals surface area contributed by atoms with Gasteiger partial charge in [-0.3, -0.25) is 14.5 Å². The van der Waals surface area contributed by atoms with Crippen LogP contribution < -0.4 is 20.7 Å². The van der Waals surface area contributed by atoms with Gasteiger partial charge in [-0.25, -0.2) is 14.3 Å². The summed E-state index contributed by atoms with van der Waals surface area (Å²) in [5.41, 5.74) is 1.66. The average Bonchev–Trinajstić information content (AvgIpc) is 3.29. The first-order chi connectivity index (χ1) is 17.9. The second-order valence-corrected chi connectivity index (χ2v) is 10.8. The van der Waals surface area contributed by atoms with Crippen LogP contribution in [0.15, 0.2) is 52.4 Å². The Kier molecular flexibility index (Phi) is 7.39. The van der Waals surface area contributed by atoms with Crippen molar-refractivity contribution in [3.8, 4) is 0 Å². The Labute approximate surface area is 223 Å². The molecule has 2 aromatic heterocycles. The third-order valence-corrected chi connectivity index (χ3v) is 7.60. The molecule has 1 unspecified atom stereocenters. The number of aliphatic hydroxyl groups excluding tert-OH is 1. The summed E-state index contributed by atoms with van der Waals surface area (Å²) in [4.78, 5) is 59.5. The van der Waals surface area contributed by atoms with E-state index in [-0.39, 0.29) is 22.9 Å². The highest BCUT2D eigenvalue weighted by Gasteiger charge is 2.55. The van der Waals surface area contributed by atoms with Crippen molar-refractivity contribution in [1.29, 1.82) is 0 Å². The Hall–Kier alpha value is -4.02. The molecule has 5 N–H and O–H groups in total. The van der Waals surface area contributed by atoms with Gasteiger partial charge in [-0.15, -0.1) is 11.3 Å². The highest BCUT2D eigenvalue weighted by atomic mass is 32.2. The molecule has 0 radical (unpaired) electrons. The number of aliphatic carboxylic acids is 2. The number of carbonyl (C=O) groups excluding carboxylic acids is 3. The van der Waals surface area contributed by atoms with Gasteiger partial charge in [0.1, 0.15) is 22.5 Å². The minimum atomic E-state index is -1.79. The fraction of sp³-hybridized carbons (Fsp3) is 0.318. The number of thioether (sulfide) groups is 1. The number of nitrogens with one attached hydrogen (secondary N) is 1. The second-order valence-electron chi connectivity index (χ2n) is 8.67. The van der Waals surface area contributed by atoms with Crippen molar-refractivity contribution in [3.63, 3.8) is 0 Å². The number of carboxylic acids is 2. The second kappa shape index (κ2) is 10.4. The fourth-order valence-corrected chi connectivity index (χ4v) is 5.42. The molecular formula is C22H22N6O8S2. The van der Waals surface area contributed by atoms with Crippen molar-refractivity contribution in [3.05, 3.63) is 52.9 Å². The van der Waals surface area contributed by atoms with Crippen LogP contribution in [0.1, 0.15) is 19.5 Å². The monoisotopic (exact) mass is 562 g/mol. The Morgan fingerprint density at radius 1 is 1.32 bits per heavy atom. The zero-order valence-electron chi connectivity index (χ0n) is 19.9. The molecule has 2 aliphatic rings. The van der Waals surface area contributed by atoms with Gasteiger partial charge in [0, 0.05) is 17.5 Å². The van der Waals surface area contributed by atoms with Crippen molar-refractivity contribution in [2.24, 2.45) is 5.16 Å². The molecule has 0 spiro atoms. The molecule has 0 aliphatic carbocycles. The molecule has 2 aliphatic heterocycles. The van der Waals surface area contributed by atoms with E-state index in [1.807, 2.05) is 0 Å². The largest absolute Gasteiger partial charge is 0.543 e. The summed E-state index contributed by atoms with van der Waals surface area (Å²) in [6, 6.07) is 3.97. The Morgan fingerprint density at radius 3 is 2.58 bits per heavy atom. The van der Waals surface area contributed by atoms with E-state index in [1.165, 1.54) is 19.2 Å². The van der Waals surface area contributed by atoms with E-state index in [1.54, 1.807) is 35.2 Å². The number of nitrogen functional groups attached to an aromatic ring is 1. The summed E-state index contributed by atoms with van der Waals surface area (Å²) in [6.07, 6.45) is 3.34. The van der Waals surface area contributed by atoms with Gasteiger partial charge in [0.25, 0.3) is 11.8 Å². The van der Waals surface area contributed by atoms with Crippen molar-refractivity contribution in [2.75, 3.05) is 5.73 Å². The number of amides is 2. The van der Waals surface area contributed by atoms with Crippen LogP contribution in [0.4, 0.5) is 5.13 Å². The van der Waals surface area contributed by atoms with Gasteiger partial charge in [0.15, 0.2) is 29.8 Å². The number of anilines is 1. The maximum atomic E-state index is 13.1. The maximum Gasteiger partial charge on any atom is 0.350 e. The molecule has 4 heterocycles. The predicted molar refractivity (Wildman–Crippen MR) is 131 cm³/mol. The Balaban J connectivity index is 1.59. The fourth-order valence-electron chi connectivity index (χ4n) is 3.59. The molecule has 38 heavy (non-hydrogen) atoms. The predicted octanol–water partition coefficient (Wildman–Crippen LogP) is -1.98. The molecule has 200 valence electrons. The van der Waals surface area contributed by atoms with Crippen molar-refractivity contribution in [1.82, 2.24) is 15.2 Å². The van der Waals surface area contributed by atoms with E-state index in [2.05, 4.69) is 15.5 Å². The minimum absolute atomic E-state index is 0.00932.